The Morgan fingerprint density at radius 2 is 1.65 bits per heavy atom. The van der Waals surface area contributed by atoms with E-state index in [1.165, 1.54) is 11.7 Å². The van der Waals surface area contributed by atoms with Gasteiger partial charge in [-0.1, -0.05) is 48.5 Å². The van der Waals surface area contributed by atoms with Gasteiger partial charge in [-0.25, -0.2) is 4.98 Å². The molecule has 0 aromatic carbocycles. The third-order valence-electron chi connectivity index (χ3n) is 5.28. The minimum Gasteiger partial charge on any atom is -0.481 e. The molecular weight excluding hydrogens is 392 g/mol. The quantitative estimate of drug-likeness (QED) is 0.600. The lowest BCUT2D eigenvalue weighted by Crippen LogP contribution is -2.40. The highest BCUT2D eigenvalue weighted by Gasteiger charge is 2.25. The van der Waals surface area contributed by atoms with Crippen molar-refractivity contribution in [1.29, 1.82) is 0 Å². The Morgan fingerprint density at radius 1 is 1.06 bits per heavy atom. The monoisotopic (exact) mass is 430 g/mol. The van der Waals surface area contributed by atoms with Gasteiger partial charge < -0.3 is 9.64 Å². The number of pyridine rings is 1. The molecule has 0 saturated heterocycles. The van der Waals surface area contributed by atoms with E-state index in [0.717, 1.165) is 12.8 Å². The van der Waals surface area contributed by atoms with Crippen LogP contribution in [0.25, 0.3) is 11.2 Å². The smallest absolute Gasteiger partial charge is 0.274 e. The lowest BCUT2D eigenvalue weighted by atomic mass is 9.92. The van der Waals surface area contributed by atoms with Crippen molar-refractivity contribution >= 4 is 17.1 Å². The first-order valence-corrected chi connectivity index (χ1v) is 11.2. The van der Waals surface area contributed by atoms with E-state index in [-0.39, 0.29) is 18.0 Å². The summed E-state index contributed by atoms with van der Waals surface area (Å²) in [6.45, 7) is 15.8. The third-order valence-corrected chi connectivity index (χ3v) is 5.28. The van der Waals surface area contributed by atoms with Crippen LogP contribution in [0.15, 0.2) is 16.9 Å². The fourth-order valence-electron chi connectivity index (χ4n) is 3.28. The minimum atomic E-state index is -0.453. The molecule has 0 radical (unpaired) electrons. The second-order valence-electron chi connectivity index (χ2n) is 10.0. The zero-order valence-electron chi connectivity index (χ0n) is 20.4. The van der Waals surface area contributed by atoms with Gasteiger partial charge in [0.2, 0.25) is 11.8 Å². The number of carbonyl (C=O) groups is 1. The maximum atomic E-state index is 13.4. The fraction of sp³-hybridized carbons (Fsp3) is 0.667. The van der Waals surface area contributed by atoms with Gasteiger partial charge in [0.15, 0.2) is 5.65 Å². The molecule has 0 saturated carbocycles. The van der Waals surface area contributed by atoms with Crippen molar-refractivity contribution in [3.63, 3.8) is 0 Å². The Labute approximate surface area is 185 Å². The first-order chi connectivity index (χ1) is 14.4. The zero-order valence-corrected chi connectivity index (χ0v) is 20.4. The van der Waals surface area contributed by atoms with Crippen molar-refractivity contribution in [1.82, 2.24) is 19.4 Å². The first kappa shape index (κ1) is 24.8. The highest BCUT2D eigenvalue weighted by atomic mass is 16.5. The van der Waals surface area contributed by atoms with Crippen LogP contribution in [-0.4, -0.2) is 45.5 Å². The van der Waals surface area contributed by atoms with E-state index in [1.54, 1.807) is 12.1 Å². The average Bonchev–Trinajstić information content (AvgIpc) is 2.68. The zero-order chi connectivity index (χ0) is 23.3. The maximum absolute atomic E-state index is 13.4. The van der Waals surface area contributed by atoms with E-state index in [1.807, 2.05) is 25.7 Å². The van der Waals surface area contributed by atoms with Crippen LogP contribution in [0, 0.1) is 11.8 Å². The molecule has 0 aliphatic carbocycles. The van der Waals surface area contributed by atoms with Gasteiger partial charge in [-0.2, -0.15) is 4.98 Å². The van der Waals surface area contributed by atoms with Crippen molar-refractivity contribution < 1.29 is 9.53 Å². The molecule has 7 heteroatoms. The largest absolute Gasteiger partial charge is 0.481 e. The molecule has 0 fully saturated rings. The predicted octanol–water partition coefficient (Wildman–Crippen LogP) is 4.02. The number of carbonyl (C=O) groups excluding carboxylic acids is 1. The topological polar surface area (TPSA) is 77.3 Å². The van der Waals surface area contributed by atoms with Crippen LogP contribution in [-0.2, 0) is 16.8 Å². The van der Waals surface area contributed by atoms with Crippen molar-refractivity contribution in [2.45, 2.75) is 73.3 Å². The number of amides is 1. The Hall–Kier alpha value is -2.44. The highest BCUT2D eigenvalue weighted by molar-refractivity contribution is 5.79. The van der Waals surface area contributed by atoms with E-state index in [9.17, 15) is 9.59 Å². The van der Waals surface area contributed by atoms with Crippen molar-refractivity contribution in [3.05, 3.63) is 28.2 Å². The van der Waals surface area contributed by atoms with Crippen molar-refractivity contribution in [2.75, 3.05) is 20.2 Å². The summed E-state index contributed by atoms with van der Waals surface area (Å²) in [7, 11) is 1.53. The Kier molecular flexibility index (Phi) is 8.21. The molecule has 2 aromatic rings. The SMILES string of the molecule is COc1ccc2nc(C(C)(C)C)c(=O)n(CC(=O)N(CCC(C)C)CCC(C)C)c2n1. The van der Waals surface area contributed by atoms with E-state index in [4.69, 9.17) is 4.74 Å². The van der Waals surface area contributed by atoms with Crippen LogP contribution in [0.2, 0.25) is 0 Å². The summed E-state index contributed by atoms with van der Waals surface area (Å²) >= 11 is 0. The Bertz CT molecular complexity index is 946. The van der Waals surface area contributed by atoms with Crippen LogP contribution < -0.4 is 10.3 Å². The van der Waals surface area contributed by atoms with Crippen LogP contribution in [0.3, 0.4) is 0 Å². The molecule has 0 aliphatic rings. The lowest BCUT2D eigenvalue weighted by molar-refractivity contribution is -0.132. The number of hydrogen-bond acceptors (Lipinski definition) is 5. The summed E-state index contributed by atoms with van der Waals surface area (Å²) in [5, 5.41) is 0. The van der Waals surface area contributed by atoms with Crippen LogP contribution in [0.4, 0.5) is 0 Å². The van der Waals surface area contributed by atoms with Gasteiger partial charge in [0.25, 0.3) is 5.56 Å². The van der Waals surface area contributed by atoms with Crippen molar-refractivity contribution in [2.24, 2.45) is 11.8 Å². The van der Waals surface area contributed by atoms with E-state index >= 15 is 0 Å². The predicted molar refractivity (Wildman–Crippen MR) is 125 cm³/mol. The summed E-state index contributed by atoms with van der Waals surface area (Å²) < 4.78 is 6.71. The number of ether oxygens (including phenoxy) is 1. The normalized spacial score (nSPS) is 12.1. The number of hydrogen-bond donors (Lipinski definition) is 0. The third kappa shape index (κ3) is 6.52. The van der Waals surface area contributed by atoms with Crippen LogP contribution in [0.1, 0.15) is 67.0 Å². The lowest BCUT2D eigenvalue weighted by Gasteiger charge is -2.26. The van der Waals surface area contributed by atoms with E-state index < -0.39 is 5.41 Å². The molecule has 1 amide bonds. The number of methoxy groups -OCH3 is 1. The second-order valence-corrected chi connectivity index (χ2v) is 10.0. The number of nitrogens with zero attached hydrogens (tertiary/aromatic N) is 4. The molecule has 0 spiro atoms. The minimum absolute atomic E-state index is 0.0582. The standard InChI is InChI=1S/C24H38N4O3/c1-16(2)11-13-27(14-12-17(3)4)20(29)15-28-22-18(9-10-19(26-22)31-8)25-21(23(28)30)24(5,6)7/h9-10,16-17H,11-15H2,1-8H3. The van der Waals surface area contributed by atoms with Gasteiger partial charge in [-0.3, -0.25) is 14.2 Å². The van der Waals surface area contributed by atoms with Gasteiger partial charge in [-0.15, -0.1) is 0 Å². The summed E-state index contributed by atoms with van der Waals surface area (Å²) in [5.41, 5.74) is 0.648. The highest BCUT2D eigenvalue weighted by Crippen LogP contribution is 2.21. The van der Waals surface area contributed by atoms with E-state index in [0.29, 0.717) is 47.7 Å². The van der Waals surface area contributed by atoms with Crippen molar-refractivity contribution in [3.8, 4) is 5.88 Å². The molecule has 0 bridgehead atoms. The van der Waals surface area contributed by atoms with Gasteiger partial charge in [0.05, 0.1) is 7.11 Å². The van der Waals surface area contributed by atoms with Gasteiger partial charge >= 0.3 is 0 Å². The molecule has 0 atom stereocenters. The summed E-state index contributed by atoms with van der Waals surface area (Å²) in [5.74, 6) is 1.31. The Morgan fingerprint density at radius 3 is 2.13 bits per heavy atom. The molecule has 2 heterocycles. The summed E-state index contributed by atoms with van der Waals surface area (Å²) in [4.78, 5) is 37.6. The molecule has 31 heavy (non-hydrogen) atoms. The molecule has 0 N–H and O–H groups in total. The average molecular weight is 431 g/mol. The number of rotatable bonds is 9. The second kappa shape index (κ2) is 10.2. The molecule has 7 nitrogen and oxygen atoms in total. The molecule has 172 valence electrons. The van der Waals surface area contributed by atoms with Crippen LogP contribution in [0.5, 0.6) is 5.88 Å². The summed E-state index contributed by atoms with van der Waals surface area (Å²) in [6, 6.07) is 3.50. The first-order valence-electron chi connectivity index (χ1n) is 11.2. The van der Waals surface area contributed by atoms with Gasteiger partial charge in [0, 0.05) is 24.6 Å². The van der Waals surface area contributed by atoms with Gasteiger partial charge in [-0.05, 0) is 30.7 Å². The molecular formula is C24H38N4O3. The van der Waals surface area contributed by atoms with Crippen LogP contribution >= 0.6 is 0 Å². The van der Waals surface area contributed by atoms with Gasteiger partial charge in [0.1, 0.15) is 17.8 Å². The molecule has 0 unspecified atom stereocenters. The Balaban J connectivity index is 2.51. The number of aromatic nitrogens is 3. The molecule has 0 aliphatic heterocycles. The fourth-order valence-corrected chi connectivity index (χ4v) is 3.28. The number of fused-ring (bicyclic) bond motifs is 1. The molecule has 2 aromatic heterocycles. The maximum Gasteiger partial charge on any atom is 0.274 e. The summed E-state index contributed by atoms with van der Waals surface area (Å²) in [6.07, 6.45) is 1.85. The van der Waals surface area contributed by atoms with E-state index in [2.05, 4.69) is 37.7 Å². The molecule has 2 rings (SSSR count).